The van der Waals surface area contributed by atoms with Crippen LogP contribution in [0.4, 0.5) is 0 Å². The number of nitriles is 1. The van der Waals surface area contributed by atoms with E-state index in [1.807, 2.05) is 36.4 Å². The van der Waals surface area contributed by atoms with Crippen molar-refractivity contribution < 1.29 is 9.53 Å². The molecule has 1 atom stereocenters. The lowest BCUT2D eigenvalue weighted by Gasteiger charge is -2.07. The minimum absolute atomic E-state index is 0.141. The molecule has 1 aliphatic heterocycles. The maximum atomic E-state index is 12.2. The van der Waals surface area contributed by atoms with Crippen molar-refractivity contribution in [2.24, 2.45) is 0 Å². The molecule has 0 aromatic heterocycles. The summed E-state index contributed by atoms with van der Waals surface area (Å²) in [6.07, 6.45) is 0. The first-order chi connectivity index (χ1) is 10.8. The Hall–Kier alpha value is -3.06. The first-order valence-corrected chi connectivity index (χ1v) is 6.98. The molecule has 0 spiro atoms. The number of rotatable bonds is 3. The molecule has 22 heavy (non-hydrogen) atoms. The fourth-order valence-electron chi connectivity index (χ4n) is 2.43. The molecule has 1 aliphatic rings. The van der Waals surface area contributed by atoms with Crippen LogP contribution in [0.2, 0.25) is 0 Å². The molecule has 1 amide bonds. The lowest BCUT2D eigenvalue weighted by atomic mass is 9.94. The van der Waals surface area contributed by atoms with Gasteiger partial charge in [0.25, 0.3) is 5.91 Å². The van der Waals surface area contributed by atoms with Gasteiger partial charge in [-0.15, -0.1) is 0 Å². The molecule has 3 rings (SSSR count). The van der Waals surface area contributed by atoms with E-state index in [-0.39, 0.29) is 17.7 Å². The molecule has 2 aromatic rings. The van der Waals surface area contributed by atoms with Crippen LogP contribution in [0.3, 0.4) is 0 Å². The van der Waals surface area contributed by atoms with Crippen LogP contribution in [0.15, 0.2) is 72.1 Å². The standard InChI is InChI=1S/C18H14N2O2/c19-11-15-16(13-7-3-1-4-8-13)12-22-18(15)20-17(21)14-9-5-2-6-10-14/h1-10,16H,12H2,(H,20,21). The molecule has 108 valence electrons. The zero-order valence-electron chi connectivity index (χ0n) is 11.8. The van der Waals surface area contributed by atoms with Crippen molar-refractivity contribution in [1.82, 2.24) is 5.32 Å². The van der Waals surface area contributed by atoms with Gasteiger partial charge in [0, 0.05) is 5.56 Å². The van der Waals surface area contributed by atoms with Gasteiger partial charge >= 0.3 is 0 Å². The highest BCUT2D eigenvalue weighted by Crippen LogP contribution is 2.32. The van der Waals surface area contributed by atoms with Gasteiger partial charge < -0.3 is 4.74 Å². The van der Waals surface area contributed by atoms with E-state index in [1.165, 1.54) is 0 Å². The highest BCUT2D eigenvalue weighted by atomic mass is 16.5. The summed E-state index contributed by atoms with van der Waals surface area (Å²) in [4.78, 5) is 12.2. The molecular weight excluding hydrogens is 276 g/mol. The van der Waals surface area contributed by atoms with Crippen molar-refractivity contribution >= 4 is 5.91 Å². The van der Waals surface area contributed by atoms with E-state index in [9.17, 15) is 10.1 Å². The Morgan fingerprint density at radius 3 is 2.36 bits per heavy atom. The van der Waals surface area contributed by atoms with Crippen LogP contribution in [0.5, 0.6) is 0 Å². The van der Waals surface area contributed by atoms with Crippen LogP contribution < -0.4 is 5.32 Å². The van der Waals surface area contributed by atoms with Crippen molar-refractivity contribution in [1.29, 1.82) is 5.26 Å². The molecule has 4 heteroatoms. The number of nitrogens with one attached hydrogen (secondary N) is 1. The van der Waals surface area contributed by atoms with Crippen LogP contribution >= 0.6 is 0 Å². The summed E-state index contributed by atoms with van der Waals surface area (Å²) < 4.78 is 5.54. The number of carbonyl (C=O) groups excluding carboxylic acids is 1. The highest BCUT2D eigenvalue weighted by Gasteiger charge is 2.30. The Morgan fingerprint density at radius 2 is 1.73 bits per heavy atom. The second kappa shape index (κ2) is 6.15. The third kappa shape index (κ3) is 2.70. The summed E-state index contributed by atoms with van der Waals surface area (Å²) >= 11 is 0. The van der Waals surface area contributed by atoms with Crippen molar-refractivity contribution in [3.8, 4) is 6.07 Å². The first kappa shape index (κ1) is 13.9. The second-order valence-corrected chi connectivity index (χ2v) is 4.95. The molecule has 0 saturated carbocycles. The van der Waals surface area contributed by atoms with Crippen LogP contribution in [-0.4, -0.2) is 12.5 Å². The fourth-order valence-corrected chi connectivity index (χ4v) is 2.43. The molecular formula is C18H14N2O2. The van der Waals surface area contributed by atoms with Gasteiger partial charge in [-0.2, -0.15) is 5.26 Å². The summed E-state index contributed by atoms with van der Waals surface area (Å²) in [6.45, 7) is 0.358. The molecule has 1 N–H and O–H groups in total. The number of carbonyl (C=O) groups is 1. The third-order valence-corrected chi connectivity index (χ3v) is 3.57. The van der Waals surface area contributed by atoms with Gasteiger partial charge in [0.1, 0.15) is 18.2 Å². The Morgan fingerprint density at radius 1 is 1.09 bits per heavy atom. The number of amides is 1. The summed E-state index contributed by atoms with van der Waals surface area (Å²) in [5.74, 6) is -0.167. The number of hydrogen-bond donors (Lipinski definition) is 1. The monoisotopic (exact) mass is 290 g/mol. The predicted molar refractivity (Wildman–Crippen MR) is 81.7 cm³/mol. The molecule has 0 fully saturated rings. The minimum atomic E-state index is -0.280. The average molecular weight is 290 g/mol. The van der Waals surface area contributed by atoms with Crippen molar-refractivity contribution in [2.75, 3.05) is 6.61 Å². The Labute approximate surface area is 128 Å². The quantitative estimate of drug-likeness (QED) is 0.945. The van der Waals surface area contributed by atoms with E-state index in [4.69, 9.17) is 4.74 Å². The van der Waals surface area contributed by atoms with E-state index in [0.29, 0.717) is 17.7 Å². The fraction of sp³-hybridized carbons (Fsp3) is 0.111. The van der Waals surface area contributed by atoms with E-state index in [0.717, 1.165) is 5.56 Å². The normalized spacial score (nSPS) is 16.8. The summed E-state index contributed by atoms with van der Waals surface area (Å²) in [7, 11) is 0. The number of benzene rings is 2. The van der Waals surface area contributed by atoms with Crippen LogP contribution in [0.1, 0.15) is 21.8 Å². The van der Waals surface area contributed by atoms with Gasteiger partial charge in [0.15, 0.2) is 0 Å². The summed E-state index contributed by atoms with van der Waals surface area (Å²) in [5, 5.41) is 12.1. The summed E-state index contributed by atoms with van der Waals surface area (Å²) in [5.41, 5.74) is 1.98. The maximum absolute atomic E-state index is 12.2. The molecule has 1 unspecified atom stereocenters. The zero-order valence-corrected chi connectivity index (χ0v) is 11.8. The van der Waals surface area contributed by atoms with Gasteiger partial charge in [-0.05, 0) is 17.7 Å². The van der Waals surface area contributed by atoms with Gasteiger partial charge in [0.2, 0.25) is 5.88 Å². The number of nitrogens with zero attached hydrogens (tertiary/aromatic N) is 1. The average Bonchev–Trinajstić information content (AvgIpc) is 2.99. The number of hydrogen-bond acceptors (Lipinski definition) is 3. The van der Waals surface area contributed by atoms with Crippen molar-refractivity contribution in [2.45, 2.75) is 5.92 Å². The Balaban J connectivity index is 1.84. The molecule has 0 bridgehead atoms. The maximum Gasteiger partial charge on any atom is 0.257 e. The molecule has 2 aromatic carbocycles. The Kier molecular flexibility index (Phi) is 3.88. The van der Waals surface area contributed by atoms with Gasteiger partial charge in [-0.25, -0.2) is 0 Å². The second-order valence-electron chi connectivity index (χ2n) is 4.95. The van der Waals surface area contributed by atoms with Crippen molar-refractivity contribution in [3.05, 3.63) is 83.2 Å². The highest BCUT2D eigenvalue weighted by molar-refractivity contribution is 5.95. The molecule has 1 heterocycles. The molecule has 4 nitrogen and oxygen atoms in total. The number of ether oxygens (including phenoxy) is 1. The van der Waals surface area contributed by atoms with Gasteiger partial charge in [-0.3, -0.25) is 10.1 Å². The van der Waals surface area contributed by atoms with E-state index >= 15 is 0 Å². The first-order valence-electron chi connectivity index (χ1n) is 6.98. The van der Waals surface area contributed by atoms with E-state index in [2.05, 4.69) is 11.4 Å². The zero-order chi connectivity index (χ0) is 15.4. The minimum Gasteiger partial charge on any atom is -0.477 e. The van der Waals surface area contributed by atoms with Crippen LogP contribution in [-0.2, 0) is 4.74 Å². The Bertz CT molecular complexity index is 746. The van der Waals surface area contributed by atoms with E-state index in [1.54, 1.807) is 24.3 Å². The lowest BCUT2D eigenvalue weighted by molar-refractivity contribution is 0.0929. The van der Waals surface area contributed by atoms with Gasteiger partial charge in [0.05, 0.1) is 5.92 Å². The molecule has 0 radical (unpaired) electrons. The topological polar surface area (TPSA) is 62.1 Å². The lowest BCUT2D eigenvalue weighted by Crippen LogP contribution is -2.23. The largest absolute Gasteiger partial charge is 0.477 e. The van der Waals surface area contributed by atoms with Crippen LogP contribution in [0.25, 0.3) is 0 Å². The van der Waals surface area contributed by atoms with Crippen LogP contribution in [0, 0.1) is 11.3 Å². The van der Waals surface area contributed by atoms with Crippen molar-refractivity contribution in [3.63, 3.8) is 0 Å². The van der Waals surface area contributed by atoms with E-state index < -0.39 is 0 Å². The van der Waals surface area contributed by atoms with Gasteiger partial charge in [-0.1, -0.05) is 48.5 Å². The third-order valence-electron chi connectivity index (χ3n) is 3.57. The SMILES string of the molecule is N#CC1=C(NC(=O)c2ccccc2)OCC1c1ccccc1. The summed E-state index contributed by atoms with van der Waals surface area (Å²) in [6, 6.07) is 20.7. The smallest absolute Gasteiger partial charge is 0.257 e. The molecule has 0 saturated heterocycles. The molecule has 0 aliphatic carbocycles. The predicted octanol–water partition coefficient (Wildman–Crippen LogP) is 2.97.